The molecule has 5 nitrogen and oxygen atoms in total. The molecule has 0 radical (unpaired) electrons. The Morgan fingerprint density at radius 1 is 0.967 bits per heavy atom. The molecule has 3 aromatic rings. The van der Waals surface area contributed by atoms with Gasteiger partial charge in [0.1, 0.15) is 5.54 Å². The first-order valence-corrected chi connectivity index (χ1v) is 11.3. The Hall–Kier alpha value is -2.67. The molecule has 2 atom stereocenters. The molecular weight excluding hydrogens is 422 g/mol. The summed E-state index contributed by atoms with van der Waals surface area (Å²) in [6.07, 6.45) is 0.768. The first-order valence-electron chi connectivity index (χ1n) is 9.47. The minimum absolute atomic E-state index is 0.0335. The summed E-state index contributed by atoms with van der Waals surface area (Å²) in [5.74, 6) is -1.44. The largest absolute Gasteiger partial charge is 0.480 e. The minimum atomic E-state index is -3.98. The zero-order valence-electron chi connectivity index (χ0n) is 16.0. The Morgan fingerprint density at radius 3 is 2.10 bits per heavy atom. The van der Waals surface area contributed by atoms with Crippen molar-refractivity contribution in [2.24, 2.45) is 5.92 Å². The van der Waals surface area contributed by atoms with Crippen LogP contribution in [0.15, 0.2) is 83.8 Å². The van der Waals surface area contributed by atoms with E-state index in [9.17, 15) is 18.3 Å². The number of sulfonamides is 1. The second-order valence-electron chi connectivity index (χ2n) is 7.50. The minimum Gasteiger partial charge on any atom is -0.480 e. The highest BCUT2D eigenvalue weighted by atomic mass is 35.5. The second kappa shape index (κ2) is 7.87. The van der Waals surface area contributed by atoms with Gasteiger partial charge in [0, 0.05) is 5.02 Å². The number of carboxylic acids is 1. The predicted octanol–water partition coefficient (Wildman–Crippen LogP) is 4.37. The molecule has 4 rings (SSSR count). The molecule has 30 heavy (non-hydrogen) atoms. The van der Waals surface area contributed by atoms with Crippen LogP contribution >= 0.6 is 11.6 Å². The van der Waals surface area contributed by atoms with Gasteiger partial charge in [-0.1, -0.05) is 66.2 Å². The third-order valence-corrected chi connectivity index (χ3v) is 7.25. The van der Waals surface area contributed by atoms with Gasteiger partial charge in [-0.05, 0) is 59.7 Å². The molecule has 1 saturated carbocycles. The lowest BCUT2D eigenvalue weighted by atomic mass is 10.1. The van der Waals surface area contributed by atoms with E-state index in [0.29, 0.717) is 11.4 Å². The molecule has 154 valence electrons. The average molecular weight is 442 g/mol. The van der Waals surface area contributed by atoms with E-state index in [-0.39, 0.29) is 17.2 Å². The van der Waals surface area contributed by atoms with Crippen LogP contribution in [0.4, 0.5) is 0 Å². The quantitative estimate of drug-likeness (QED) is 0.570. The highest BCUT2D eigenvalue weighted by Gasteiger charge is 2.62. The van der Waals surface area contributed by atoms with Crippen LogP contribution in [0.1, 0.15) is 12.0 Å². The van der Waals surface area contributed by atoms with Crippen molar-refractivity contribution in [1.29, 1.82) is 0 Å². The summed E-state index contributed by atoms with van der Waals surface area (Å²) in [5.41, 5.74) is 1.26. The molecule has 0 bridgehead atoms. The summed E-state index contributed by atoms with van der Waals surface area (Å²) in [6, 6.07) is 23.1. The van der Waals surface area contributed by atoms with Crippen LogP contribution in [-0.2, 0) is 21.2 Å². The lowest BCUT2D eigenvalue weighted by Crippen LogP contribution is -2.45. The summed E-state index contributed by atoms with van der Waals surface area (Å²) in [5, 5.41) is 10.4. The van der Waals surface area contributed by atoms with E-state index < -0.39 is 21.5 Å². The molecule has 0 aromatic heterocycles. The molecule has 1 aliphatic carbocycles. The molecule has 0 heterocycles. The number of rotatable bonds is 7. The predicted molar refractivity (Wildman–Crippen MR) is 116 cm³/mol. The monoisotopic (exact) mass is 441 g/mol. The molecule has 2 N–H and O–H groups in total. The number of carbonyl (C=O) groups is 1. The maximum Gasteiger partial charge on any atom is 0.325 e. The van der Waals surface area contributed by atoms with Crippen LogP contribution in [0.5, 0.6) is 0 Å². The van der Waals surface area contributed by atoms with Gasteiger partial charge >= 0.3 is 5.97 Å². The maximum atomic E-state index is 12.9. The van der Waals surface area contributed by atoms with Gasteiger partial charge < -0.3 is 5.11 Å². The van der Waals surface area contributed by atoms with Gasteiger partial charge in [-0.2, -0.15) is 4.72 Å². The van der Waals surface area contributed by atoms with Gasteiger partial charge in [0.2, 0.25) is 10.0 Å². The Balaban J connectivity index is 1.53. The highest BCUT2D eigenvalue weighted by Crippen LogP contribution is 2.47. The van der Waals surface area contributed by atoms with E-state index in [1.807, 2.05) is 42.5 Å². The first kappa shape index (κ1) is 20.6. The molecule has 3 aromatic carbocycles. The lowest BCUT2D eigenvalue weighted by Gasteiger charge is -2.16. The average Bonchev–Trinajstić information content (AvgIpc) is 3.42. The Labute approximate surface area is 180 Å². The molecule has 1 aliphatic rings. The molecule has 0 aliphatic heterocycles. The van der Waals surface area contributed by atoms with Crippen LogP contribution in [0.25, 0.3) is 11.1 Å². The van der Waals surface area contributed by atoms with E-state index >= 15 is 0 Å². The fourth-order valence-electron chi connectivity index (χ4n) is 3.67. The normalized spacial score (nSPS) is 20.6. The van der Waals surface area contributed by atoms with Gasteiger partial charge in [-0.3, -0.25) is 4.79 Å². The summed E-state index contributed by atoms with van der Waals surface area (Å²) >= 11 is 5.90. The first-order chi connectivity index (χ1) is 14.3. The van der Waals surface area contributed by atoms with Gasteiger partial charge in [0.05, 0.1) is 4.90 Å². The number of carboxylic acid groups (broad SMARTS) is 1. The Morgan fingerprint density at radius 2 is 1.53 bits per heavy atom. The fraction of sp³-hybridized carbons (Fsp3) is 0.174. The smallest absolute Gasteiger partial charge is 0.325 e. The van der Waals surface area contributed by atoms with E-state index in [0.717, 1.165) is 16.7 Å². The number of hydrogen-bond donors (Lipinski definition) is 2. The second-order valence-corrected chi connectivity index (χ2v) is 9.62. The fourth-order valence-corrected chi connectivity index (χ4v) is 5.23. The Kier molecular flexibility index (Phi) is 5.40. The zero-order valence-corrected chi connectivity index (χ0v) is 17.5. The van der Waals surface area contributed by atoms with Gasteiger partial charge in [-0.15, -0.1) is 0 Å². The van der Waals surface area contributed by atoms with Crippen LogP contribution in [0, 0.1) is 5.92 Å². The van der Waals surface area contributed by atoms with Crippen molar-refractivity contribution in [2.75, 3.05) is 0 Å². The van der Waals surface area contributed by atoms with Crippen LogP contribution in [-0.4, -0.2) is 25.0 Å². The Bertz CT molecular complexity index is 1160. The molecular formula is C23H20ClNO4S. The molecule has 7 heteroatoms. The van der Waals surface area contributed by atoms with Gasteiger partial charge in [0.15, 0.2) is 0 Å². The number of benzene rings is 3. The van der Waals surface area contributed by atoms with Crippen LogP contribution < -0.4 is 4.72 Å². The van der Waals surface area contributed by atoms with Gasteiger partial charge in [0.25, 0.3) is 0 Å². The van der Waals surface area contributed by atoms with Crippen LogP contribution in [0.2, 0.25) is 5.02 Å². The number of halogens is 1. The van der Waals surface area contributed by atoms with Crippen LogP contribution in [0.3, 0.4) is 0 Å². The van der Waals surface area contributed by atoms with Crippen molar-refractivity contribution < 1.29 is 18.3 Å². The number of aliphatic carboxylic acids is 1. The lowest BCUT2D eigenvalue weighted by molar-refractivity contribution is -0.140. The van der Waals surface area contributed by atoms with Gasteiger partial charge in [-0.25, -0.2) is 8.42 Å². The summed E-state index contributed by atoms with van der Waals surface area (Å²) in [4.78, 5) is 12.0. The standard InChI is InChI=1S/C23H20ClNO4S/c24-20-10-6-17(7-11-20)18-8-12-21(13-9-18)30(28,29)25-23(22(26)27)15-19(23)14-16-4-2-1-3-5-16/h1-13,19,25H,14-15H2,(H,26,27). The summed E-state index contributed by atoms with van der Waals surface area (Å²) < 4.78 is 28.2. The van der Waals surface area contributed by atoms with Crippen molar-refractivity contribution in [3.8, 4) is 11.1 Å². The summed E-state index contributed by atoms with van der Waals surface area (Å²) in [7, 11) is -3.98. The summed E-state index contributed by atoms with van der Waals surface area (Å²) in [6.45, 7) is 0. The topological polar surface area (TPSA) is 83.5 Å². The van der Waals surface area contributed by atoms with Crippen molar-refractivity contribution in [1.82, 2.24) is 4.72 Å². The third-order valence-electron chi connectivity index (χ3n) is 5.47. The van der Waals surface area contributed by atoms with Crippen molar-refractivity contribution in [3.05, 3.63) is 89.4 Å². The van der Waals surface area contributed by atoms with E-state index in [1.54, 1.807) is 24.3 Å². The number of nitrogens with one attached hydrogen (secondary N) is 1. The van der Waals surface area contributed by atoms with E-state index in [2.05, 4.69) is 4.72 Å². The molecule has 2 unspecified atom stereocenters. The zero-order chi connectivity index (χ0) is 21.4. The van der Waals surface area contributed by atoms with Crippen molar-refractivity contribution >= 4 is 27.6 Å². The van der Waals surface area contributed by atoms with E-state index in [4.69, 9.17) is 11.6 Å². The molecule has 0 spiro atoms. The maximum absolute atomic E-state index is 12.9. The highest BCUT2D eigenvalue weighted by molar-refractivity contribution is 7.89. The van der Waals surface area contributed by atoms with Crippen molar-refractivity contribution in [3.63, 3.8) is 0 Å². The molecule has 0 saturated heterocycles. The SMILES string of the molecule is O=C(O)C1(NS(=O)(=O)c2ccc(-c3ccc(Cl)cc3)cc2)CC1Cc1ccccc1. The number of hydrogen-bond acceptors (Lipinski definition) is 3. The van der Waals surface area contributed by atoms with Crippen molar-refractivity contribution in [2.45, 2.75) is 23.3 Å². The third kappa shape index (κ3) is 4.12. The molecule has 1 fully saturated rings. The molecule has 0 amide bonds. The van der Waals surface area contributed by atoms with E-state index in [1.165, 1.54) is 12.1 Å².